The average molecular weight is 557 g/mol. The Kier molecular flexibility index (Phi) is 6.95. The molecule has 1 heteroatoms. The first-order valence-corrected chi connectivity index (χ1v) is 15.5. The number of para-hydroxylation sites is 2. The molecule has 0 saturated heterocycles. The Morgan fingerprint density at radius 3 is 1.70 bits per heavy atom. The van der Waals surface area contributed by atoms with Crippen molar-refractivity contribution in [2.24, 2.45) is 0 Å². The molecule has 8 rings (SSSR count). The maximum Gasteiger partial charge on any atom is 0.132 e. The number of hydrogen-bond donors (Lipinski definition) is 0. The standard InChI is InChI=1S/C40H30O.C2H6/c1-27-13-5-6-16-29(27)30-25-26-36-39(31(30)24-23-28-14-3-2-4-15-28)32-17-7-8-18-33(32)40(36)34-19-9-11-21-37(34)41-38-22-12-10-20-35(38)40;1-2/h2-22,25-26H,23-24H2,1H3;1-2H3. The van der Waals surface area contributed by atoms with Gasteiger partial charge in [-0.3, -0.25) is 0 Å². The molecule has 0 saturated carbocycles. The molecular formula is C42H36O. The number of benzene rings is 6. The minimum absolute atomic E-state index is 0.441. The van der Waals surface area contributed by atoms with Crippen LogP contribution in [0.1, 0.15) is 52.8 Å². The molecule has 0 atom stereocenters. The van der Waals surface area contributed by atoms with Crippen molar-refractivity contribution in [2.75, 3.05) is 0 Å². The van der Waals surface area contributed by atoms with Crippen molar-refractivity contribution in [3.8, 4) is 33.8 Å². The predicted octanol–water partition coefficient (Wildman–Crippen LogP) is 10.9. The van der Waals surface area contributed by atoms with Crippen LogP contribution in [0.4, 0.5) is 0 Å². The minimum Gasteiger partial charge on any atom is -0.457 e. The first kappa shape index (κ1) is 27.0. The Morgan fingerprint density at radius 2 is 1.02 bits per heavy atom. The van der Waals surface area contributed by atoms with Gasteiger partial charge in [-0.2, -0.15) is 0 Å². The van der Waals surface area contributed by atoms with E-state index in [-0.39, 0.29) is 0 Å². The Labute approximate surface area is 255 Å². The molecule has 43 heavy (non-hydrogen) atoms. The van der Waals surface area contributed by atoms with E-state index in [1.54, 1.807) is 0 Å². The molecule has 1 nitrogen and oxygen atoms in total. The lowest BCUT2D eigenvalue weighted by Gasteiger charge is -2.39. The lowest BCUT2D eigenvalue weighted by Crippen LogP contribution is -2.32. The van der Waals surface area contributed by atoms with Crippen LogP contribution in [0, 0.1) is 6.92 Å². The number of fused-ring (bicyclic) bond motifs is 9. The molecule has 1 aliphatic carbocycles. The van der Waals surface area contributed by atoms with Crippen molar-refractivity contribution in [1.82, 2.24) is 0 Å². The van der Waals surface area contributed by atoms with E-state index in [1.165, 1.54) is 61.2 Å². The fraction of sp³-hybridized carbons (Fsp3) is 0.143. The summed E-state index contributed by atoms with van der Waals surface area (Å²) in [4.78, 5) is 0. The zero-order chi connectivity index (χ0) is 29.4. The van der Waals surface area contributed by atoms with Crippen molar-refractivity contribution in [3.63, 3.8) is 0 Å². The molecule has 0 bridgehead atoms. The SMILES string of the molecule is CC.Cc1ccccc1-c1ccc2c(c1CCc1ccccc1)-c1ccccc1C21c2ccccc2Oc2ccccc21. The van der Waals surface area contributed by atoms with Crippen LogP contribution in [-0.4, -0.2) is 0 Å². The van der Waals surface area contributed by atoms with E-state index >= 15 is 0 Å². The van der Waals surface area contributed by atoms with Gasteiger partial charge in [0.15, 0.2) is 0 Å². The highest BCUT2D eigenvalue weighted by Crippen LogP contribution is 2.63. The third-order valence-corrected chi connectivity index (χ3v) is 9.06. The summed E-state index contributed by atoms with van der Waals surface area (Å²) < 4.78 is 6.54. The third kappa shape index (κ3) is 4.14. The summed E-state index contributed by atoms with van der Waals surface area (Å²) in [5, 5.41) is 0. The van der Waals surface area contributed by atoms with E-state index in [1.807, 2.05) is 13.8 Å². The number of ether oxygens (including phenoxy) is 1. The molecule has 6 aromatic rings. The van der Waals surface area contributed by atoms with Gasteiger partial charge in [0.25, 0.3) is 0 Å². The van der Waals surface area contributed by atoms with Gasteiger partial charge in [0.05, 0.1) is 5.41 Å². The quantitative estimate of drug-likeness (QED) is 0.209. The molecule has 2 aliphatic rings. The topological polar surface area (TPSA) is 9.23 Å². The Morgan fingerprint density at radius 1 is 0.465 bits per heavy atom. The van der Waals surface area contributed by atoms with E-state index in [2.05, 4.69) is 146 Å². The zero-order valence-electron chi connectivity index (χ0n) is 25.1. The van der Waals surface area contributed by atoms with Crippen LogP contribution >= 0.6 is 0 Å². The van der Waals surface area contributed by atoms with Crippen LogP contribution in [0.5, 0.6) is 11.5 Å². The summed E-state index contributed by atoms with van der Waals surface area (Å²) in [6.07, 6.45) is 1.95. The predicted molar refractivity (Wildman–Crippen MR) is 179 cm³/mol. The summed E-state index contributed by atoms with van der Waals surface area (Å²) in [7, 11) is 0. The Hall–Kier alpha value is -4.88. The van der Waals surface area contributed by atoms with Crippen LogP contribution in [0.25, 0.3) is 22.3 Å². The van der Waals surface area contributed by atoms with Gasteiger partial charge in [-0.15, -0.1) is 0 Å². The molecule has 6 aromatic carbocycles. The van der Waals surface area contributed by atoms with E-state index in [9.17, 15) is 0 Å². The maximum absolute atomic E-state index is 6.54. The van der Waals surface area contributed by atoms with Gasteiger partial charge in [0, 0.05) is 11.1 Å². The van der Waals surface area contributed by atoms with Gasteiger partial charge in [0.2, 0.25) is 0 Å². The average Bonchev–Trinajstić information content (AvgIpc) is 3.36. The largest absolute Gasteiger partial charge is 0.457 e. The van der Waals surface area contributed by atoms with Crippen molar-refractivity contribution >= 4 is 0 Å². The van der Waals surface area contributed by atoms with Crippen molar-refractivity contribution in [2.45, 2.75) is 39.0 Å². The fourth-order valence-electron chi connectivity index (χ4n) is 7.32. The fourth-order valence-corrected chi connectivity index (χ4v) is 7.32. The number of hydrogen-bond acceptors (Lipinski definition) is 1. The zero-order valence-corrected chi connectivity index (χ0v) is 25.1. The maximum atomic E-state index is 6.54. The number of aryl methyl sites for hydroxylation is 2. The van der Waals surface area contributed by atoms with Crippen LogP contribution in [0.15, 0.2) is 140 Å². The van der Waals surface area contributed by atoms with E-state index in [4.69, 9.17) is 4.74 Å². The molecule has 0 amide bonds. The van der Waals surface area contributed by atoms with Crippen LogP contribution < -0.4 is 4.74 Å². The second-order valence-corrected chi connectivity index (χ2v) is 11.2. The molecule has 0 radical (unpaired) electrons. The molecule has 0 unspecified atom stereocenters. The molecular weight excluding hydrogens is 520 g/mol. The van der Waals surface area contributed by atoms with E-state index < -0.39 is 5.41 Å². The van der Waals surface area contributed by atoms with Crippen molar-refractivity contribution in [1.29, 1.82) is 0 Å². The van der Waals surface area contributed by atoms with Gasteiger partial charge in [-0.25, -0.2) is 0 Å². The Bertz CT molecular complexity index is 1890. The van der Waals surface area contributed by atoms with Gasteiger partial charge in [0.1, 0.15) is 11.5 Å². The molecule has 0 N–H and O–H groups in total. The highest BCUT2D eigenvalue weighted by Gasteiger charge is 2.51. The normalized spacial score (nSPS) is 13.1. The van der Waals surface area contributed by atoms with Gasteiger partial charge in [-0.1, -0.05) is 141 Å². The second kappa shape index (κ2) is 11.1. The second-order valence-electron chi connectivity index (χ2n) is 11.2. The summed E-state index contributed by atoms with van der Waals surface area (Å²) in [6.45, 7) is 6.23. The number of rotatable bonds is 4. The molecule has 1 heterocycles. The van der Waals surface area contributed by atoms with E-state index in [0.29, 0.717) is 0 Å². The summed E-state index contributed by atoms with van der Waals surface area (Å²) >= 11 is 0. The molecule has 0 fully saturated rings. The highest BCUT2D eigenvalue weighted by atomic mass is 16.5. The van der Waals surface area contributed by atoms with Gasteiger partial charge < -0.3 is 4.74 Å². The van der Waals surface area contributed by atoms with Crippen LogP contribution in [0.2, 0.25) is 0 Å². The molecule has 0 aromatic heterocycles. The lowest BCUT2D eigenvalue weighted by atomic mass is 9.66. The first-order valence-electron chi connectivity index (χ1n) is 15.5. The third-order valence-electron chi connectivity index (χ3n) is 9.06. The van der Waals surface area contributed by atoms with Gasteiger partial charge in [-0.05, 0) is 82.0 Å². The van der Waals surface area contributed by atoms with Gasteiger partial charge >= 0.3 is 0 Å². The highest BCUT2D eigenvalue weighted by molar-refractivity contribution is 5.93. The minimum atomic E-state index is -0.441. The summed E-state index contributed by atoms with van der Waals surface area (Å²) in [5.74, 6) is 1.87. The van der Waals surface area contributed by atoms with Crippen molar-refractivity contribution in [3.05, 3.63) is 178 Å². The van der Waals surface area contributed by atoms with Crippen molar-refractivity contribution < 1.29 is 4.74 Å². The smallest absolute Gasteiger partial charge is 0.132 e. The molecule has 210 valence electrons. The summed E-state index contributed by atoms with van der Waals surface area (Å²) in [5.41, 5.74) is 14.1. The summed E-state index contributed by atoms with van der Waals surface area (Å²) in [6, 6.07) is 50.7. The molecule has 1 aliphatic heterocycles. The Balaban J connectivity index is 0.00000147. The molecule has 1 spiro atoms. The van der Waals surface area contributed by atoms with E-state index in [0.717, 1.165) is 24.3 Å². The monoisotopic (exact) mass is 556 g/mol. The van der Waals surface area contributed by atoms with Crippen LogP contribution in [0.3, 0.4) is 0 Å². The lowest BCUT2D eigenvalue weighted by molar-refractivity contribution is 0.436. The first-order chi connectivity index (χ1) is 21.3. The van der Waals surface area contributed by atoms with Crippen LogP contribution in [-0.2, 0) is 18.3 Å².